The Labute approximate surface area is 156 Å². The third-order valence-corrected chi connectivity index (χ3v) is 3.73. The van der Waals surface area contributed by atoms with Gasteiger partial charge in [0.15, 0.2) is 11.5 Å². The molecule has 0 heterocycles. The summed E-state index contributed by atoms with van der Waals surface area (Å²) < 4.78 is 17.8. The number of ether oxygens (including phenoxy) is 3. The van der Waals surface area contributed by atoms with Crippen LogP contribution >= 0.6 is 0 Å². The first-order chi connectivity index (χ1) is 12.6. The molecule has 0 aliphatic carbocycles. The molecule has 0 radical (unpaired) electrons. The van der Waals surface area contributed by atoms with Crippen molar-refractivity contribution in [2.75, 3.05) is 19.8 Å². The Hall–Kier alpha value is -2.24. The van der Waals surface area contributed by atoms with Gasteiger partial charge in [-0.1, -0.05) is 40.0 Å². The topological polar surface area (TPSA) is 70.8 Å². The maximum absolute atomic E-state index is 10.7. The fraction of sp³-hybridized carbons (Fsp3) is 0.600. The molecule has 0 saturated heterocycles. The first kappa shape index (κ1) is 21.8. The van der Waals surface area contributed by atoms with Crippen LogP contribution in [0.4, 0.5) is 0 Å². The zero-order valence-corrected chi connectivity index (χ0v) is 16.2. The van der Waals surface area contributed by atoms with Crippen molar-refractivity contribution in [3.05, 3.63) is 34.0 Å². The maximum atomic E-state index is 10.7. The van der Waals surface area contributed by atoms with E-state index in [1.165, 1.54) is 6.08 Å². The van der Waals surface area contributed by atoms with Crippen LogP contribution in [0, 0.1) is 10.1 Å². The standard InChI is InChI=1S/C20H31NO5/c1-4-7-14-24-18-11-10-17(12-13-21(22)23)19(25-15-8-5-2)20(18)26-16-9-6-3/h10-13H,4-9,14-16H2,1-3H3/b13-12+. The first-order valence-corrected chi connectivity index (χ1v) is 9.51. The van der Waals surface area contributed by atoms with Gasteiger partial charge in [0.25, 0.3) is 0 Å². The molecule has 0 aliphatic heterocycles. The van der Waals surface area contributed by atoms with E-state index >= 15 is 0 Å². The van der Waals surface area contributed by atoms with Crippen molar-refractivity contribution in [2.24, 2.45) is 0 Å². The van der Waals surface area contributed by atoms with E-state index < -0.39 is 4.92 Å². The van der Waals surface area contributed by atoms with Crippen LogP contribution < -0.4 is 14.2 Å². The fourth-order valence-electron chi connectivity index (χ4n) is 2.20. The van der Waals surface area contributed by atoms with Crippen molar-refractivity contribution in [3.63, 3.8) is 0 Å². The molecule has 1 rings (SSSR count). The average molecular weight is 365 g/mol. The Kier molecular flexibility index (Phi) is 10.9. The summed E-state index contributed by atoms with van der Waals surface area (Å²) in [6.45, 7) is 7.95. The highest BCUT2D eigenvalue weighted by molar-refractivity contribution is 5.66. The molecule has 0 aromatic heterocycles. The van der Waals surface area contributed by atoms with Gasteiger partial charge in [0, 0.05) is 11.6 Å². The van der Waals surface area contributed by atoms with Crippen molar-refractivity contribution in [1.82, 2.24) is 0 Å². The normalized spacial score (nSPS) is 10.9. The van der Waals surface area contributed by atoms with E-state index in [4.69, 9.17) is 14.2 Å². The summed E-state index contributed by atoms with van der Waals surface area (Å²) in [6, 6.07) is 3.57. The van der Waals surface area contributed by atoms with Gasteiger partial charge >= 0.3 is 0 Å². The molecule has 6 nitrogen and oxygen atoms in total. The number of benzene rings is 1. The maximum Gasteiger partial charge on any atom is 0.235 e. The largest absolute Gasteiger partial charge is 0.490 e. The molecule has 146 valence electrons. The molecular weight excluding hydrogens is 334 g/mol. The highest BCUT2D eigenvalue weighted by Crippen LogP contribution is 2.41. The second-order valence-corrected chi connectivity index (χ2v) is 6.02. The Morgan fingerprint density at radius 1 is 0.885 bits per heavy atom. The lowest BCUT2D eigenvalue weighted by Crippen LogP contribution is -2.07. The predicted molar refractivity (Wildman–Crippen MR) is 104 cm³/mol. The van der Waals surface area contributed by atoms with Gasteiger partial charge in [0.1, 0.15) is 0 Å². The Morgan fingerprint density at radius 3 is 1.96 bits per heavy atom. The molecule has 0 saturated carbocycles. The lowest BCUT2D eigenvalue weighted by Gasteiger charge is -2.18. The second-order valence-electron chi connectivity index (χ2n) is 6.02. The van der Waals surface area contributed by atoms with E-state index in [0.717, 1.165) is 44.7 Å². The SMILES string of the molecule is CCCCOc1ccc(/C=C/[N+](=O)[O-])c(OCCCC)c1OCCCC. The fourth-order valence-corrected chi connectivity index (χ4v) is 2.20. The third kappa shape index (κ3) is 7.76. The quantitative estimate of drug-likeness (QED) is 0.248. The van der Waals surface area contributed by atoms with E-state index in [9.17, 15) is 10.1 Å². The highest BCUT2D eigenvalue weighted by atomic mass is 16.6. The van der Waals surface area contributed by atoms with Gasteiger partial charge in [-0.05, 0) is 31.4 Å². The summed E-state index contributed by atoms with van der Waals surface area (Å²) >= 11 is 0. The van der Waals surface area contributed by atoms with Crippen molar-refractivity contribution < 1.29 is 19.1 Å². The number of hydrogen-bond donors (Lipinski definition) is 0. The molecule has 0 aliphatic rings. The molecule has 6 heteroatoms. The summed E-state index contributed by atoms with van der Waals surface area (Å²) in [7, 11) is 0. The summed E-state index contributed by atoms with van der Waals surface area (Å²) in [5.74, 6) is 1.68. The Balaban J connectivity index is 3.19. The predicted octanol–water partition coefficient (Wildman–Crippen LogP) is 5.47. The van der Waals surface area contributed by atoms with Gasteiger partial charge in [0.05, 0.1) is 24.7 Å². The van der Waals surface area contributed by atoms with Gasteiger partial charge in [-0.3, -0.25) is 10.1 Å². The minimum absolute atomic E-state index is 0.487. The Bertz CT molecular complexity index is 572. The first-order valence-electron chi connectivity index (χ1n) is 9.51. The number of hydrogen-bond acceptors (Lipinski definition) is 5. The molecule has 0 atom stereocenters. The van der Waals surface area contributed by atoms with E-state index in [2.05, 4.69) is 20.8 Å². The molecule has 0 fully saturated rings. The molecule has 0 spiro atoms. The molecule has 1 aromatic rings. The van der Waals surface area contributed by atoms with E-state index in [1.807, 2.05) is 0 Å². The summed E-state index contributed by atoms with van der Waals surface area (Å²) in [4.78, 5) is 10.2. The van der Waals surface area contributed by atoms with Crippen LogP contribution in [0.1, 0.15) is 64.9 Å². The third-order valence-electron chi connectivity index (χ3n) is 3.73. The van der Waals surface area contributed by atoms with Crippen LogP contribution in [0.5, 0.6) is 17.2 Å². The monoisotopic (exact) mass is 365 g/mol. The molecule has 1 aromatic carbocycles. The second kappa shape index (κ2) is 13.0. The van der Waals surface area contributed by atoms with Gasteiger partial charge in [-0.2, -0.15) is 0 Å². The summed E-state index contributed by atoms with van der Waals surface area (Å²) in [5, 5.41) is 10.7. The number of unbranched alkanes of at least 4 members (excludes halogenated alkanes) is 3. The Morgan fingerprint density at radius 2 is 1.42 bits per heavy atom. The van der Waals surface area contributed by atoms with Gasteiger partial charge < -0.3 is 14.2 Å². The van der Waals surface area contributed by atoms with Crippen molar-refractivity contribution in [2.45, 2.75) is 59.3 Å². The van der Waals surface area contributed by atoms with Gasteiger partial charge in [-0.15, -0.1) is 0 Å². The highest BCUT2D eigenvalue weighted by Gasteiger charge is 2.17. The number of nitrogens with zero attached hydrogens (tertiary/aromatic N) is 1. The number of rotatable bonds is 14. The summed E-state index contributed by atoms with van der Waals surface area (Å²) in [6.07, 6.45) is 8.15. The van der Waals surface area contributed by atoms with E-state index in [0.29, 0.717) is 42.6 Å². The van der Waals surface area contributed by atoms with Crippen LogP contribution in [-0.4, -0.2) is 24.7 Å². The molecule has 0 amide bonds. The van der Waals surface area contributed by atoms with Crippen LogP contribution in [0.25, 0.3) is 6.08 Å². The summed E-state index contributed by atoms with van der Waals surface area (Å²) in [5.41, 5.74) is 0.618. The minimum atomic E-state index is -0.487. The van der Waals surface area contributed by atoms with Crippen LogP contribution in [-0.2, 0) is 0 Å². The molecular formula is C20H31NO5. The smallest absolute Gasteiger partial charge is 0.235 e. The van der Waals surface area contributed by atoms with Crippen molar-refractivity contribution >= 4 is 6.08 Å². The van der Waals surface area contributed by atoms with Crippen molar-refractivity contribution in [3.8, 4) is 17.2 Å². The number of nitro groups is 1. The average Bonchev–Trinajstić information content (AvgIpc) is 2.62. The molecule has 0 bridgehead atoms. The van der Waals surface area contributed by atoms with E-state index in [-0.39, 0.29) is 0 Å². The van der Waals surface area contributed by atoms with E-state index in [1.54, 1.807) is 12.1 Å². The molecule has 0 N–H and O–H groups in total. The lowest BCUT2D eigenvalue weighted by molar-refractivity contribution is -0.400. The van der Waals surface area contributed by atoms with Gasteiger partial charge in [0.2, 0.25) is 11.9 Å². The molecule has 0 unspecified atom stereocenters. The molecule has 26 heavy (non-hydrogen) atoms. The lowest BCUT2D eigenvalue weighted by atomic mass is 10.1. The zero-order valence-electron chi connectivity index (χ0n) is 16.2. The zero-order chi connectivity index (χ0) is 19.2. The van der Waals surface area contributed by atoms with Crippen LogP contribution in [0.2, 0.25) is 0 Å². The van der Waals surface area contributed by atoms with Crippen molar-refractivity contribution in [1.29, 1.82) is 0 Å². The van der Waals surface area contributed by atoms with Gasteiger partial charge in [-0.25, -0.2) is 0 Å². The minimum Gasteiger partial charge on any atom is -0.490 e. The van der Waals surface area contributed by atoms with Crippen LogP contribution in [0.15, 0.2) is 18.3 Å². The van der Waals surface area contributed by atoms with Crippen LogP contribution in [0.3, 0.4) is 0 Å².